The number of nitrogens with zero attached hydrogens (tertiary/aromatic N) is 1. The predicted molar refractivity (Wildman–Crippen MR) is 67.8 cm³/mol. The highest BCUT2D eigenvalue weighted by Crippen LogP contribution is 2.03. The molecular weight excluding hydrogens is 259 g/mol. The molecule has 1 aromatic rings. The van der Waals surface area contributed by atoms with Gasteiger partial charge in [-0.2, -0.15) is 0 Å². The van der Waals surface area contributed by atoms with Gasteiger partial charge in [0.15, 0.2) is 0 Å². The van der Waals surface area contributed by atoms with Gasteiger partial charge in [-0.3, -0.25) is 4.84 Å². The van der Waals surface area contributed by atoms with Gasteiger partial charge in [-0.25, -0.2) is 9.18 Å². The Kier molecular flexibility index (Phi) is 5.58. The Morgan fingerprint density at radius 2 is 2.06 bits per heavy atom. The first-order chi connectivity index (χ1) is 8.49. The molecule has 4 nitrogen and oxygen atoms in total. The van der Waals surface area contributed by atoms with Gasteiger partial charge in [0, 0.05) is 12.5 Å². The van der Waals surface area contributed by atoms with Crippen molar-refractivity contribution in [1.82, 2.24) is 5.32 Å². The molecular formula is C12H14ClFN2O2. The Bertz CT molecular complexity index is 432. The standard InChI is InChI=1S/C12H14ClFN2O2/c1-8(2)11(13)16-18-12(17)15-7-9-3-5-10(14)6-4-9/h3-6,8H,7H2,1-2H3,(H,15,17). The van der Waals surface area contributed by atoms with Crippen molar-refractivity contribution in [2.75, 3.05) is 0 Å². The quantitative estimate of drug-likeness (QED) is 0.520. The van der Waals surface area contributed by atoms with Crippen LogP contribution in [0.25, 0.3) is 0 Å². The lowest BCUT2D eigenvalue weighted by atomic mass is 10.2. The molecule has 1 aromatic carbocycles. The smallest absolute Gasteiger partial charge is 0.316 e. The summed E-state index contributed by atoms with van der Waals surface area (Å²) in [5, 5.41) is 6.14. The molecule has 0 aliphatic heterocycles. The number of hydrogen-bond donors (Lipinski definition) is 1. The van der Waals surface area contributed by atoms with Crippen molar-refractivity contribution in [2.45, 2.75) is 20.4 Å². The second-order valence-corrected chi connectivity index (χ2v) is 4.31. The van der Waals surface area contributed by atoms with Gasteiger partial charge in [0.1, 0.15) is 11.0 Å². The summed E-state index contributed by atoms with van der Waals surface area (Å²) in [6, 6.07) is 5.77. The van der Waals surface area contributed by atoms with E-state index in [-0.39, 0.29) is 23.5 Å². The van der Waals surface area contributed by atoms with Crippen molar-refractivity contribution < 1.29 is 14.0 Å². The van der Waals surface area contributed by atoms with E-state index in [2.05, 4.69) is 15.3 Å². The third-order valence-electron chi connectivity index (χ3n) is 2.04. The average molecular weight is 273 g/mol. The summed E-state index contributed by atoms with van der Waals surface area (Å²) >= 11 is 5.70. The Morgan fingerprint density at radius 1 is 1.44 bits per heavy atom. The molecule has 0 spiro atoms. The highest BCUT2D eigenvalue weighted by Gasteiger charge is 2.05. The second kappa shape index (κ2) is 6.96. The van der Waals surface area contributed by atoms with Gasteiger partial charge in [-0.05, 0) is 17.7 Å². The fraction of sp³-hybridized carbons (Fsp3) is 0.333. The van der Waals surface area contributed by atoms with Crippen LogP contribution in [0.3, 0.4) is 0 Å². The van der Waals surface area contributed by atoms with E-state index in [4.69, 9.17) is 11.6 Å². The number of carbonyl (C=O) groups is 1. The molecule has 0 heterocycles. The lowest BCUT2D eigenvalue weighted by Gasteiger charge is -2.04. The van der Waals surface area contributed by atoms with Crippen LogP contribution in [0.15, 0.2) is 29.4 Å². The van der Waals surface area contributed by atoms with Crippen LogP contribution >= 0.6 is 11.6 Å². The van der Waals surface area contributed by atoms with E-state index in [1.165, 1.54) is 12.1 Å². The second-order valence-electron chi connectivity index (χ2n) is 3.93. The average Bonchev–Trinajstić information content (AvgIpc) is 2.35. The third kappa shape index (κ3) is 5.14. The minimum atomic E-state index is -0.710. The number of hydrogen-bond acceptors (Lipinski definition) is 3. The zero-order valence-corrected chi connectivity index (χ0v) is 10.9. The molecule has 1 amide bonds. The summed E-state index contributed by atoms with van der Waals surface area (Å²) in [6.07, 6.45) is -0.710. The van der Waals surface area contributed by atoms with E-state index >= 15 is 0 Å². The molecule has 98 valence electrons. The molecule has 18 heavy (non-hydrogen) atoms. The molecule has 0 atom stereocenters. The van der Waals surface area contributed by atoms with Crippen molar-refractivity contribution in [3.63, 3.8) is 0 Å². The SMILES string of the molecule is CC(C)C(Cl)=NOC(=O)NCc1ccc(F)cc1. The highest BCUT2D eigenvalue weighted by molar-refractivity contribution is 6.65. The maximum Gasteiger partial charge on any atom is 0.433 e. The van der Waals surface area contributed by atoms with Crippen LogP contribution in [0.1, 0.15) is 19.4 Å². The van der Waals surface area contributed by atoms with Crippen LogP contribution in [0.5, 0.6) is 0 Å². The number of halogens is 2. The molecule has 6 heteroatoms. The molecule has 0 saturated carbocycles. The van der Waals surface area contributed by atoms with Crippen molar-refractivity contribution in [3.8, 4) is 0 Å². The highest BCUT2D eigenvalue weighted by atomic mass is 35.5. The molecule has 0 aliphatic rings. The molecule has 0 aromatic heterocycles. The Hall–Kier alpha value is -1.62. The van der Waals surface area contributed by atoms with Gasteiger partial charge >= 0.3 is 6.09 Å². The van der Waals surface area contributed by atoms with Crippen LogP contribution in [0, 0.1) is 11.7 Å². The molecule has 0 unspecified atom stereocenters. The molecule has 0 bridgehead atoms. The third-order valence-corrected chi connectivity index (χ3v) is 2.55. The zero-order valence-electron chi connectivity index (χ0n) is 10.1. The number of amides is 1. The first kappa shape index (κ1) is 14.4. The maximum atomic E-state index is 12.6. The molecule has 0 saturated heterocycles. The summed E-state index contributed by atoms with van der Waals surface area (Å²) in [5.41, 5.74) is 0.757. The monoisotopic (exact) mass is 272 g/mol. The first-order valence-corrected chi connectivity index (χ1v) is 5.79. The van der Waals surface area contributed by atoms with E-state index < -0.39 is 6.09 Å². The maximum absolute atomic E-state index is 12.6. The van der Waals surface area contributed by atoms with Crippen LogP contribution in [0.4, 0.5) is 9.18 Å². The lowest BCUT2D eigenvalue weighted by molar-refractivity contribution is 0.150. The molecule has 0 aliphatic carbocycles. The fourth-order valence-electron chi connectivity index (χ4n) is 0.999. The van der Waals surface area contributed by atoms with Crippen molar-refractivity contribution in [2.24, 2.45) is 11.1 Å². The van der Waals surface area contributed by atoms with Gasteiger partial charge in [0.05, 0.1) is 0 Å². The van der Waals surface area contributed by atoms with Crippen LogP contribution < -0.4 is 5.32 Å². The molecule has 0 fully saturated rings. The molecule has 1 rings (SSSR count). The van der Waals surface area contributed by atoms with E-state index in [1.54, 1.807) is 12.1 Å². The molecule has 0 radical (unpaired) electrons. The fourth-order valence-corrected chi connectivity index (χ4v) is 1.03. The van der Waals surface area contributed by atoms with Gasteiger partial charge in [-0.1, -0.05) is 42.7 Å². The van der Waals surface area contributed by atoms with Crippen molar-refractivity contribution in [3.05, 3.63) is 35.6 Å². The summed E-state index contributed by atoms with van der Waals surface area (Å²) in [6.45, 7) is 3.88. The summed E-state index contributed by atoms with van der Waals surface area (Å²) in [5.74, 6) is -0.328. The Balaban J connectivity index is 2.38. The van der Waals surface area contributed by atoms with E-state index in [9.17, 15) is 9.18 Å². The number of rotatable bonds is 4. The van der Waals surface area contributed by atoms with Gasteiger partial charge in [0.2, 0.25) is 0 Å². The van der Waals surface area contributed by atoms with E-state index in [0.717, 1.165) is 5.56 Å². The van der Waals surface area contributed by atoms with Crippen LogP contribution in [-0.2, 0) is 11.4 Å². The Morgan fingerprint density at radius 3 is 2.61 bits per heavy atom. The number of benzene rings is 1. The summed E-state index contributed by atoms with van der Waals surface area (Å²) in [7, 11) is 0. The van der Waals surface area contributed by atoms with Crippen LogP contribution in [-0.4, -0.2) is 11.3 Å². The number of nitrogens with one attached hydrogen (secondary N) is 1. The molecule has 1 N–H and O–H groups in total. The number of oxime groups is 1. The van der Waals surface area contributed by atoms with Gasteiger partial charge in [0.25, 0.3) is 0 Å². The van der Waals surface area contributed by atoms with Crippen LogP contribution in [0.2, 0.25) is 0 Å². The van der Waals surface area contributed by atoms with E-state index in [0.29, 0.717) is 0 Å². The van der Waals surface area contributed by atoms with Crippen molar-refractivity contribution in [1.29, 1.82) is 0 Å². The van der Waals surface area contributed by atoms with Gasteiger partial charge < -0.3 is 5.32 Å². The van der Waals surface area contributed by atoms with Gasteiger partial charge in [-0.15, -0.1) is 0 Å². The largest absolute Gasteiger partial charge is 0.433 e. The topological polar surface area (TPSA) is 50.7 Å². The predicted octanol–water partition coefficient (Wildman–Crippen LogP) is 3.26. The number of carbonyl (C=O) groups excluding carboxylic acids is 1. The minimum Gasteiger partial charge on any atom is -0.316 e. The lowest BCUT2D eigenvalue weighted by Crippen LogP contribution is -2.22. The Labute approximate surface area is 110 Å². The minimum absolute atomic E-state index is 0.00318. The van der Waals surface area contributed by atoms with E-state index in [1.807, 2.05) is 13.8 Å². The van der Waals surface area contributed by atoms with Crippen molar-refractivity contribution >= 4 is 22.9 Å². The normalized spacial score (nSPS) is 11.5. The first-order valence-electron chi connectivity index (χ1n) is 5.41. The summed E-state index contributed by atoms with van der Waals surface area (Å²) < 4.78 is 12.6. The zero-order chi connectivity index (χ0) is 13.5. The summed E-state index contributed by atoms with van der Waals surface area (Å²) in [4.78, 5) is 15.8.